The highest BCUT2D eigenvalue weighted by Gasteiger charge is 2.29. The molecule has 0 spiro atoms. The van der Waals surface area contributed by atoms with Crippen molar-refractivity contribution in [3.63, 3.8) is 0 Å². The van der Waals surface area contributed by atoms with Gasteiger partial charge in [-0.25, -0.2) is 8.78 Å². The van der Waals surface area contributed by atoms with Gasteiger partial charge in [-0.3, -0.25) is 4.79 Å². The van der Waals surface area contributed by atoms with E-state index < -0.39 is 11.7 Å². The summed E-state index contributed by atoms with van der Waals surface area (Å²) in [4.78, 5) is 11.3. The van der Waals surface area contributed by atoms with Crippen molar-refractivity contribution in [3.8, 4) is 0 Å². The van der Waals surface area contributed by atoms with Crippen LogP contribution < -0.4 is 0 Å². The Morgan fingerprint density at radius 3 is 1.59 bits per heavy atom. The van der Waals surface area contributed by atoms with Gasteiger partial charge in [0.05, 0.1) is 5.56 Å². The molecule has 0 atom stereocenters. The highest BCUT2D eigenvalue weighted by atomic mass is 19.4. The summed E-state index contributed by atoms with van der Waals surface area (Å²) >= 11 is 0. The number of hydrogen-bond acceptors (Lipinski definition) is 1. The van der Waals surface area contributed by atoms with E-state index in [1.54, 1.807) is 31.2 Å². The largest absolute Gasteiger partial charge is 0.416 e. The molecule has 0 aliphatic heterocycles. The van der Waals surface area contributed by atoms with Gasteiger partial charge in [-0.15, -0.1) is 0 Å². The fourth-order valence-electron chi connectivity index (χ4n) is 4.13. The zero-order valence-electron chi connectivity index (χ0n) is 24.8. The molecule has 0 saturated carbocycles. The van der Waals surface area contributed by atoms with E-state index in [1.165, 1.54) is 42.0 Å². The van der Waals surface area contributed by atoms with Gasteiger partial charge in [-0.2, -0.15) is 13.2 Å². The van der Waals surface area contributed by atoms with Gasteiger partial charge < -0.3 is 0 Å². The van der Waals surface area contributed by atoms with Crippen LogP contribution in [0.3, 0.4) is 0 Å². The summed E-state index contributed by atoms with van der Waals surface area (Å²) in [5.74, 6) is -0.129. The van der Waals surface area contributed by atoms with Crippen LogP contribution in [0.4, 0.5) is 22.0 Å². The standard InChI is InChI=1S/C14H12F2.C12H20O.C9H9F3/c1-10(11-2-6-13(15)7-3-11)12-4-8-14(16)9-5-12;1-5-8-11(9-6-2)12(7-3)10(4)13;1-2-7-3-5-8(6-4-7)9(10,11)12/h2-10H,1H3;5,8H,6-7,9H2,1-4H3;3-6H,2H2,1H3/b;8-5-,12-11+;. The van der Waals surface area contributed by atoms with Gasteiger partial charge in [0.1, 0.15) is 11.6 Å². The third kappa shape index (κ3) is 12.7. The normalized spacial score (nSPS) is 11.8. The molecule has 3 aromatic carbocycles. The molecule has 222 valence electrons. The molecule has 3 aromatic rings. The number of aryl methyl sites for hydroxylation is 1. The van der Waals surface area contributed by atoms with Gasteiger partial charge in [-0.1, -0.05) is 82.7 Å². The molecule has 0 saturated heterocycles. The molecule has 0 amide bonds. The summed E-state index contributed by atoms with van der Waals surface area (Å²) in [7, 11) is 0. The molecule has 3 rings (SSSR count). The predicted octanol–water partition coefficient (Wildman–Crippen LogP) is 11.0. The lowest BCUT2D eigenvalue weighted by molar-refractivity contribution is -0.137. The molecular formula is C35H41F5O. The summed E-state index contributed by atoms with van der Waals surface area (Å²) in [5, 5.41) is 0. The third-order valence-electron chi connectivity index (χ3n) is 6.48. The Bertz CT molecular complexity index is 1190. The summed E-state index contributed by atoms with van der Waals surface area (Å²) in [5.41, 5.74) is 4.57. The van der Waals surface area contributed by atoms with Gasteiger partial charge in [0.25, 0.3) is 0 Å². The van der Waals surface area contributed by atoms with Gasteiger partial charge in [0, 0.05) is 5.92 Å². The lowest BCUT2D eigenvalue weighted by atomic mass is 9.93. The third-order valence-corrected chi connectivity index (χ3v) is 6.48. The fraction of sp³-hybridized carbons (Fsp3) is 0.343. The number of benzene rings is 3. The van der Waals surface area contributed by atoms with Crippen LogP contribution in [0.1, 0.15) is 89.0 Å². The quantitative estimate of drug-likeness (QED) is 0.149. The Labute approximate surface area is 241 Å². The zero-order valence-corrected chi connectivity index (χ0v) is 24.8. The van der Waals surface area contributed by atoms with Crippen LogP contribution in [0.2, 0.25) is 0 Å². The topological polar surface area (TPSA) is 17.1 Å². The fourth-order valence-corrected chi connectivity index (χ4v) is 4.13. The van der Waals surface area contributed by atoms with Gasteiger partial charge in [0.15, 0.2) is 5.78 Å². The summed E-state index contributed by atoms with van der Waals surface area (Å²) in [6.45, 7) is 11.7. The van der Waals surface area contributed by atoms with Crippen LogP contribution in [0.15, 0.2) is 96.1 Å². The molecule has 0 radical (unpaired) electrons. The first-order valence-corrected chi connectivity index (χ1v) is 13.9. The van der Waals surface area contributed by atoms with E-state index >= 15 is 0 Å². The second-order valence-electron chi connectivity index (χ2n) is 9.54. The molecule has 6 heteroatoms. The van der Waals surface area contributed by atoms with Crippen LogP contribution in [-0.4, -0.2) is 5.78 Å². The van der Waals surface area contributed by atoms with Crippen molar-refractivity contribution in [2.45, 2.75) is 79.3 Å². The number of halogens is 5. The van der Waals surface area contributed by atoms with Gasteiger partial charge >= 0.3 is 6.18 Å². The molecule has 0 fully saturated rings. The number of carbonyl (C=O) groups is 1. The smallest absolute Gasteiger partial charge is 0.295 e. The lowest BCUT2D eigenvalue weighted by Gasteiger charge is -2.12. The van der Waals surface area contributed by atoms with Crippen LogP contribution in [-0.2, 0) is 17.4 Å². The second kappa shape index (κ2) is 18.0. The van der Waals surface area contributed by atoms with E-state index in [1.807, 2.05) is 33.8 Å². The molecule has 0 heterocycles. The summed E-state index contributed by atoms with van der Waals surface area (Å²) in [6, 6.07) is 18.0. The predicted molar refractivity (Wildman–Crippen MR) is 159 cm³/mol. The van der Waals surface area contributed by atoms with Crippen molar-refractivity contribution >= 4 is 5.78 Å². The van der Waals surface area contributed by atoms with E-state index in [2.05, 4.69) is 13.0 Å². The minimum absolute atomic E-state index is 0.140. The number of allylic oxidation sites excluding steroid dienone is 4. The number of ketones is 1. The number of alkyl halides is 3. The first-order valence-electron chi connectivity index (χ1n) is 13.9. The van der Waals surface area contributed by atoms with Crippen LogP contribution in [0.25, 0.3) is 0 Å². The highest BCUT2D eigenvalue weighted by molar-refractivity contribution is 5.94. The maximum Gasteiger partial charge on any atom is 0.416 e. The average Bonchev–Trinajstić information content (AvgIpc) is 2.94. The maximum atomic E-state index is 12.8. The monoisotopic (exact) mass is 572 g/mol. The maximum absolute atomic E-state index is 12.8. The van der Waals surface area contributed by atoms with E-state index in [0.29, 0.717) is 0 Å². The van der Waals surface area contributed by atoms with E-state index in [0.717, 1.165) is 60.1 Å². The molecule has 0 unspecified atom stereocenters. The van der Waals surface area contributed by atoms with Crippen molar-refractivity contribution in [2.24, 2.45) is 0 Å². The summed E-state index contributed by atoms with van der Waals surface area (Å²) in [6.07, 6.45) is 3.55. The molecule has 0 aromatic heterocycles. The Morgan fingerprint density at radius 2 is 1.27 bits per heavy atom. The van der Waals surface area contributed by atoms with Gasteiger partial charge in [0.2, 0.25) is 0 Å². The van der Waals surface area contributed by atoms with Crippen LogP contribution in [0.5, 0.6) is 0 Å². The molecule has 0 aliphatic rings. The van der Waals surface area contributed by atoms with E-state index in [-0.39, 0.29) is 23.3 Å². The Hall–Kier alpha value is -3.54. The van der Waals surface area contributed by atoms with Gasteiger partial charge in [-0.05, 0) is 97.3 Å². The Balaban J connectivity index is 0.000000312. The van der Waals surface area contributed by atoms with Crippen molar-refractivity contribution in [1.82, 2.24) is 0 Å². The van der Waals surface area contributed by atoms with Crippen LogP contribution in [0, 0.1) is 11.6 Å². The SMILES string of the molecule is C/C=C\C(CCC)=C(\CC)C(C)=O.CC(c1ccc(F)cc1)c1ccc(F)cc1.CCc1ccc(C(F)(F)F)cc1. The Morgan fingerprint density at radius 1 is 0.805 bits per heavy atom. The minimum Gasteiger partial charge on any atom is -0.295 e. The lowest BCUT2D eigenvalue weighted by Crippen LogP contribution is -2.04. The number of hydrogen-bond donors (Lipinski definition) is 0. The first kappa shape index (κ1) is 35.5. The molecular weight excluding hydrogens is 531 g/mol. The molecule has 0 bridgehead atoms. The zero-order chi connectivity index (χ0) is 31.0. The van der Waals surface area contributed by atoms with E-state index in [9.17, 15) is 26.7 Å². The minimum atomic E-state index is -4.22. The number of Topliss-reactive ketones (excluding diaryl/α,β-unsaturated/α-hetero) is 1. The number of carbonyl (C=O) groups excluding carboxylic acids is 1. The molecule has 0 aliphatic carbocycles. The van der Waals surface area contributed by atoms with Crippen molar-refractivity contribution in [3.05, 3.63) is 130 Å². The van der Waals surface area contributed by atoms with Crippen molar-refractivity contribution < 1.29 is 26.7 Å². The van der Waals surface area contributed by atoms with Crippen LogP contribution >= 0.6 is 0 Å². The van der Waals surface area contributed by atoms with Crippen molar-refractivity contribution in [1.29, 1.82) is 0 Å². The van der Waals surface area contributed by atoms with E-state index in [4.69, 9.17) is 0 Å². The second-order valence-corrected chi connectivity index (χ2v) is 9.54. The van der Waals surface area contributed by atoms with Crippen molar-refractivity contribution in [2.75, 3.05) is 0 Å². The average molecular weight is 573 g/mol. The highest BCUT2D eigenvalue weighted by Crippen LogP contribution is 2.29. The first-order chi connectivity index (χ1) is 19.4. The summed E-state index contributed by atoms with van der Waals surface area (Å²) < 4.78 is 61.6. The molecule has 1 nitrogen and oxygen atoms in total. The number of rotatable bonds is 8. The molecule has 0 N–H and O–H groups in total. The molecule has 41 heavy (non-hydrogen) atoms. The Kier molecular flexibility index (Phi) is 15.6.